The third-order valence-electron chi connectivity index (χ3n) is 23.2. The molecule has 0 bridgehead atoms. The molecule has 0 aliphatic rings. The van der Waals surface area contributed by atoms with Gasteiger partial charge in [0.15, 0.2) is 11.6 Å². The van der Waals surface area contributed by atoms with Crippen LogP contribution in [-0.2, 0) is 0 Å². The maximum absolute atomic E-state index is 6.63. The van der Waals surface area contributed by atoms with Gasteiger partial charge in [0.2, 0.25) is 5.71 Å². The van der Waals surface area contributed by atoms with Gasteiger partial charge in [-0.05, 0) is 182 Å². The van der Waals surface area contributed by atoms with Gasteiger partial charge >= 0.3 is 0 Å². The fraction of sp³-hybridized carbons (Fsp3) is 0. The third kappa shape index (κ3) is 9.97. The second-order valence-corrected chi connectivity index (χ2v) is 30.7. The molecule has 530 valence electrons. The first-order chi connectivity index (χ1) is 56.5. The monoisotopic (exact) mass is 1470 g/mol. The van der Waals surface area contributed by atoms with Crippen LogP contribution in [0, 0.1) is 0 Å². The lowest BCUT2D eigenvalue weighted by atomic mass is 10.00. The molecule has 0 saturated heterocycles. The number of nitrogens with zero attached hydrogens (tertiary/aromatic N) is 8. The Labute approximate surface area is 655 Å². The van der Waals surface area contributed by atoms with Crippen molar-refractivity contribution >= 4 is 174 Å². The quantitative estimate of drug-likeness (QED) is 0.151. The molecule has 0 saturated carbocycles. The van der Waals surface area contributed by atoms with Gasteiger partial charge in [-0.15, -0.1) is 11.3 Å². The number of hydrogen-bond acceptors (Lipinski definition) is 6. The first-order valence-corrected chi connectivity index (χ1v) is 39.4. The molecule has 0 aliphatic carbocycles. The number of rotatable bonds is 8. The van der Waals surface area contributed by atoms with E-state index in [2.05, 4.69) is 394 Å². The van der Waals surface area contributed by atoms with Gasteiger partial charge < -0.3 is 13.6 Å². The molecule has 0 aliphatic heterocycles. The topological polar surface area (TPSA) is 84.4 Å². The third-order valence-corrected chi connectivity index (χ3v) is 24.2. The van der Waals surface area contributed by atoms with Crippen LogP contribution < -0.4 is 0 Å². The minimum Gasteiger partial charge on any atom is -0.436 e. The zero-order valence-electron chi connectivity index (χ0n) is 61.2. The van der Waals surface area contributed by atoms with Crippen molar-refractivity contribution in [1.29, 1.82) is 0 Å². The van der Waals surface area contributed by atoms with Crippen molar-refractivity contribution in [3.8, 4) is 67.8 Å². The van der Waals surface area contributed by atoms with Gasteiger partial charge in [-0.1, -0.05) is 249 Å². The highest BCUT2D eigenvalue weighted by molar-refractivity contribution is 7.25. The molecule has 0 amide bonds. The summed E-state index contributed by atoms with van der Waals surface area (Å²) in [5.41, 5.74) is 22.4. The molecule has 0 radical (unpaired) electrons. The Hall–Kier alpha value is -15.1. The van der Waals surface area contributed by atoms with Crippen LogP contribution in [0.3, 0.4) is 0 Å². The summed E-state index contributed by atoms with van der Waals surface area (Å²) in [7, 11) is 0. The predicted octanol–water partition coefficient (Wildman–Crippen LogP) is 27.7. The van der Waals surface area contributed by atoms with Crippen LogP contribution in [0.5, 0.6) is 0 Å². The average Bonchev–Trinajstić information content (AvgIpc) is 1.50. The van der Waals surface area contributed by atoms with E-state index >= 15 is 0 Å². The van der Waals surface area contributed by atoms with Gasteiger partial charge in [-0.2, -0.15) is 4.98 Å². The molecule has 114 heavy (non-hydrogen) atoms. The normalized spacial score (nSPS) is 12.0. The van der Waals surface area contributed by atoms with Crippen LogP contribution in [0.4, 0.5) is 0 Å². The van der Waals surface area contributed by atoms with E-state index in [1.54, 1.807) is 11.3 Å². The van der Waals surface area contributed by atoms with E-state index in [0.717, 1.165) is 144 Å². The van der Waals surface area contributed by atoms with E-state index in [9.17, 15) is 0 Å². The number of furan rings is 1. The molecule has 9 nitrogen and oxygen atoms in total. The van der Waals surface area contributed by atoms with Gasteiger partial charge in [-0.25, -0.2) is 15.0 Å². The molecule has 0 N–H and O–H groups in total. The van der Waals surface area contributed by atoms with E-state index in [0.29, 0.717) is 5.71 Å². The summed E-state index contributed by atoms with van der Waals surface area (Å²) >= 11 is 1.71. The largest absolute Gasteiger partial charge is 0.436 e. The molecular formula is C104H62N8OS. The first-order valence-electron chi connectivity index (χ1n) is 38.6. The van der Waals surface area contributed by atoms with Crippen LogP contribution in [0.25, 0.3) is 230 Å². The van der Waals surface area contributed by atoms with Crippen molar-refractivity contribution in [2.24, 2.45) is 0 Å². The van der Waals surface area contributed by atoms with Crippen molar-refractivity contribution in [3.05, 3.63) is 376 Å². The summed E-state index contributed by atoms with van der Waals surface area (Å²) in [5, 5.41) is 18.7. The van der Waals surface area contributed by atoms with Crippen molar-refractivity contribution in [3.63, 3.8) is 0 Å². The highest BCUT2D eigenvalue weighted by atomic mass is 32.1. The first kappa shape index (κ1) is 63.8. The molecule has 8 aromatic heterocycles. The van der Waals surface area contributed by atoms with Crippen molar-refractivity contribution in [1.82, 2.24) is 38.2 Å². The van der Waals surface area contributed by atoms with Crippen molar-refractivity contribution < 1.29 is 4.42 Å². The van der Waals surface area contributed by atoms with E-state index < -0.39 is 0 Å². The highest BCUT2D eigenvalue weighted by Gasteiger charge is 2.27. The maximum atomic E-state index is 6.63. The smallest absolute Gasteiger partial charge is 0.248 e. The number of thiophene rings is 1. The number of benzene rings is 17. The van der Waals surface area contributed by atoms with Crippen LogP contribution in [0.1, 0.15) is 0 Å². The lowest BCUT2D eigenvalue weighted by Crippen LogP contribution is -2.03. The fourth-order valence-electron chi connectivity index (χ4n) is 17.9. The zero-order chi connectivity index (χ0) is 74.6. The molecule has 25 aromatic rings. The maximum Gasteiger partial charge on any atom is 0.248 e. The minimum absolute atomic E-state index is 0.503. The number of para-hydroxylation sites is 6. The fourth-order valence-corrected chi connectivity index (χ4v) is 18.9. The Balaban J connectivity index is 0.000000132. The summed E-state index contributed by atoms with van der Waals surface area (Å²) in [6.07, 6.45) is 0. The number of fused-ring (bicyclic) bond motifs is 21. The van der Waals surface area contributed by atoms with Gasteiger partial charge in [0.05, 0.1) is 44.1 Å². The Morgan fingerprint density at radius 1 is 0.219 bits per heavy atom. The molecule has 0 spiro atoms. The van der Waals surface area contributed by atoms with E-state index in [1.165, 1.54) is 80.6 Å². The second-order valence-electron chi connectivity index (χ2n) is 29.6. The van der Waals surface area contributed by atoms with Crippen LogP contribution in [-0.4, -0.2) is 38.2 Å². The molecule has 8 heterocycles. The van der Waals surface area contributed by atoms with E-state index in [4.69, 9.17) is 24.4 Å². The summed E-state index contributed by atoms with van der Waals surface area (Å²) in [5.74, 6) is 1.55. The van der Waals surface area contributed by atoms with Gasteiger partial charge in [-0.3, -0.25) is 9.13 Å². The second kappa shape index (κ2) is 25.2. The lowest BCUT2D eigenvalue weighted by Gasteiger charge is -2.14. The van der Waals surface area contributed by atoms with Gasteiger partial charge in [0.1, 0.15) is 32.8 Å². The molecule has 25 rings (SSSR count). The van der Waals surface area contributed by atoms with E-state index in [-0.39, 0.29) is 0 Å². The number of aromatic nitrogens is 8. The highest BCUT2D eigenvalue weighted by Crippen LogP contribution is 2.46. The Morgan fingerprint density at radius 2 is 0.596 bits per heavy atom. The van der Waals surface area contributed by atoms with Crippen LogP contribution in [0.15, 0.2) is 381 Å². The van der Waals surface area contributed by atoms with E-state index in [1.807, 2.05) is 0 Å². The Kier molecular flexibility index (Phi) is 14.1. The summed E-state index contributed by atoms with van der Waals surface area (Å²) in [6.45, 7) is 0. The van der Waals surface area contributed by atoms with Crippen LogP contribution >= 0.6 is 11.3 Å². The van der Waals surface area contributed by atoms with Gasteiger partial charge in [0.25, 0.3) is 0 Å². The SMILES string of the molecule is c1ccc(-c2ccc3sc4nc(-n5c6ccccc6c6cc7ccccc7cc65)c(-c5ccc6c(c5)c5ccccc5n6-c5ccccc5)nc4c3c2)cc1.c1ccc(-n2c3ccccc3c3cc(-c4nc5c(nc4-n4c6ccccc6c6cc7ccccc7cc64)oc4ccc(-c6ccc7ccccc7c6)cc45)ccc32)cc1. The van der Waals surface area contributed by atoms with Crippen LogP contribution in [0.2, 0.25) is 0 Å². The number of hydrogen-bond donors (Lipinski definition) is 0. The Morgan fingerprint density at radius 3 is 1.14 bits per heavy atom. The Bertz CT molecular complexity index is 8310. The van der Waals surface area contributed by atoms with Crippen molar-refractivity contribution in [2.75, 3.05) is 0 Å². The molecular weight excluding hydrogens is 1410 g/mol. The lowest BCUT2D eigenvalue weighted by molar-refractivity contribution is 0.652. The molecule has 17 aromatic carbocycles. The molecule has 10 heteroatoms. The summed E-state index contributed by atoms with van der Waals surface area (Å²) in [6, 6.07) is 135. The standard InChI is InChI=1S/C54H32N4O.C50H30N4S/c1-2-16-40(17-3-1)57-46-20-10-8-18-41(46)43-31-39(24-26-48(43)57)51-53(58-47-21-11-9-19-42(47)44-29-35-14-6-7-15-36(35)32-49(44)58)56-54-52(55-51)45-30-38(25-27-50(45)59-54)37-23-22-33-12-4-5-13-34(33)28-37;1-3-13-31(14-4-1)34-24-26-46-41(28-34)48-50(55-46)52-49(54-43-22-12-10-20-38(43)40-27-32-15-7-8-16-33(32)30-45(40)54)47(51-48)35-23-25-44-39(29-35)37-19-9-11-21-42(37)53(44)36-17-5-2-6-18-36/h1-32H;1-30H. The molecule has 0 fully saturated rings. The summed E-state index contributed by atoms with van der Waals surface area (Å²) in [4.78, 5) is 23.3. The zero-order valence-corrected chi connectivity index (χ0v) is 62.0. The summed E-state index contributed by atoms with van der Waals surface area (Å²) < 4.78 is 17.1. The molecule has 0 atom stereocenters. The predicted molar refractivity (Wildman–Crippen MR) is 476 cm³/mol. The average molecular weight is 1470 g/mol. The van der Waals surface area contributed by atoms with Crippen molar-refractivity contribution in [2.45, 2.75) is 0 Å². The minimum atomic E-state index is 0.503. The van der Waals surface area contributed by atoms with Gasteiger partial charge in [0, 0.05) is 81.1 Å². The molecule has 0 unspecified atom stereocenters.